The molecule has 1 fully saturated rings. The first kappa shape index (κ1) is 24.2. The van der Waals surface area contributed by atoms with Crippen molar-refractivity contribution in [3.8, 4) is 0 Å². The van der Waals surface area contributed by atoms with Crippen LogP contribution in [-0.4, -0.2) is 44.1 Å². The third kappa shape index (κ3) is 5.51. The second kappa shape index (κ2) is 10.7. The van der Waals surface area contributed by atoms with Crippen molar-refractivity contribution in [2.24, 2.45) is 16.1 Å². The van der Waals surface area contributed by atoms with Crippen LogP contribution in [-0.2, 0) is 27.3 Å². The summed E-state index contributed by atoms with van der Waals surface area (Å²) in [6, 6.07) is 16.6. The van der Waals surface area contributed by atoms with Crippen molar-refractivity contribution in [2.75, 3.05) is 11.9 Å². The minimum absolute atomic E-state index is 0.173. The number of anilines is 1. The maximum Gasteiger partial charge on any atom is 0.331 e. The van der Waals surface area contributed by atoms with Crippen LogP contribution in [0.3, 0.4) is 0 Å². The molecule has 2 unspecified atom stereocenters. The number of oxime groups is 1. The van der Waals surface area contributed by atoms with Gasteiger partial charge in [-0.2, -0.15) is 0 Å². The van der Waals surface area contributed by atoms with Crippen molar-refractivity contribution >= 4 is 51.5 Å². The molecule has 9 heteroatoms. The van der Waals surface area contributed by atoms with E-state index in [-0.39, 0.29) is 11.8 Å². The molecule has 0 bridgehead atoms. The Morgan fingerprint density at radius 1 is 1.14 bits per heavy atom. The predicted molar refractivity (Wildman–Crippen MR) is 144 cm³/mol. The number of fused-ring (bicyclic) bond motifs is 1. The predicted octanol–water partition coefficient (Wildman–Crippen LogP) is 4.82. The van der Waals surface area contributed by atoms with Gasteiger partial charge >= 0.3 is 5.97 Å². The molecule has 2 aromatic carbocycles. The maximum atomic E-state index is 11.9. The first-order valence-corrected chi connectivity index (χ1v) is 13.1. The number of benzene rings is 2. The van der Waals surface area contributed by atoms with Gasteiger partial charge in [-0.1, -0.05) is 53.3 Å². The van der Waals surface area contributed by atoms with Gasteiger partial charge in [0.15, 0.2) is 5.17 Å². The first-order chi connectivity index (χ1) is 17.5. The molecule has 1 aromatic heterocycles. The van der Waals surface area contributed by atoms with Crippen LogP contribution >= 0.6 is 11.8 Å². The summed E-state index contributed by atoms with van der Waals surface area (Å²) in [6.07, 6.45) is 4.62. The fourth-order valence-electron chi connectivity index (χ4n) is 4.84. The van der Waals surface area contributed by atoms with E-state index in [1.54, 1.807) is 11.8 Å². The zero-order valence-corrected chi connectivity index (χ0v) is 21.3. The largest absolute Gasteiger partial charge is 0.331 e. The van der Waals surface area contributed by atoms with Crippen LogP contribution in [0, 0.1) is 5.92 Å². The van der Waals surface area contributed by atoms with Gasteiger partial charge in [-0.25, -0.2) is 9.78 Å². The Bertz CT molecular complexity index is 1350. The summed E-state index contributed by atoms with van der Waals surface area (Å²) in [7, 11) is 0. The Kier molecular flexibility index (Phi) is 7.18. The van der Waals surface area contributed by atoms with E-state index in [2.05, 4.69) is 46.9 Å². The average Bonchev–Trinajstić information content (AvgIpc) is 3.56. The molecule has 1 aliphatic heterocycles. The van der Waals surface area contributed by atoms with Crippen LogP contribution in [0.25, 0.3) is 11.0 Å². The molecule has 2 aliphatic rings. The van der Waals surface area contributed by atoms with Crippen LogP contribution in [0.2, 0.25) is 0 Å². The average molecular weight is 504 g/mol. The van der Waals surface area contributed by atoms with Crippen LogP contribution < -0.4 is 5.32 Å². The molecule has 1 saturated carbocycles. The normalized spacial score (nSPS) is 20.6. The van der Waals surface area contributed by atoms with Gasteiger partial charge in [-0.15, -0.1) is 0 Å². The molecule has 1 aliphatic carbocycles. The monoisotopic (exact) mass is 503 g/mol. The summed E-state index contributed by atoms with van der Waals surface area (Å²) < 4.78 is 1.97. The Balaban J connectivity index is 1.42. The van der Waals surface area contributed by atoms with Gasteiger partial charge in [-0.05, 0) is 55.4 Å². The van der Waals surface area contributed by atoms with E-state index in [9.17, 15) is 9.59 Å². The van der Waals surface area contributed by atoms with E-state index in [4.69, 9.17) is 14.8 Å². The highest BCUT2D eigenvalue weighted by Gasteiger charge is 2.27. The minimum atomic E-state index is -0.399. The number of aliphatic imine (C=N–C) groups is 1. The van der Waals surface area contributed by atoms with Crippen molar-refractivity contribution in [1.29, 1.82) is 0 Å². The van der Waals surface area contributed by atoms with E-state index in [1.807, 2.05) is 16.7 Å². The molecule has 36 heavy (non-hydrogen) atoms. The van der Waals surface area contributed by atoms with E-state index in [0.29, 0.717) is 17.7 Å². The van der Waals surface area contributed by atoms with Crippen LogP contribution in [0.4, 0.5) is 5.95 Å². The Hall–Kier alpha value is -3.46. The summed E-state index contributed by atoms with van der Waals surface area (Å²) in [4.78, 5) is 37.6. The molecule has 0 saturated heterocycles. The van der Waals surface area contributed by atoms with E-state index < -0.39 is 5.97 Å². The van der Waals surface area contributed by atoms with Crippen molar-refractivity contribution < 1.29 is 14.4 Å². The zero-order chi connectivity index (χ0) is 25.1. The third-order valence-corrected chi connectivity index (χ3v) is 7.61. The number of hydrogen-bond donors (Lipinski definition) is 1. The van der Waals surface area contributed by atoms with E-state index in [0.717, 1.165) is 59.6 Å². The molecule has 0 radical (unpaired) electrons. The van der Waals surface area contributed by atoms with Gasteiger partial charge in [0.25, 0.3) is 0 Å². The quantitative estimate of drug-likeness (QED) is 0.384. The van der Waals surface area contributed by atoms with Crippen molar-refractivity contribution in [3.05, 3.63) is 59.7 Å². The molecule has 2 heterocycles. The molecule has 186 valence electrons. The molecule has 5 rings (SSSR count). The fourth-order valence-corrected chi connectivity index (χ4v) is 6.00. The van der Waals surface area contributed by atoms with E-state index in [1.165, 1.54) is 19.4 Å². The topological polar surface area (TPSA) is 97.9 Å². The lowest BCUT2D eigenvalue weighted by Crippen LogP contribution is -2.16. The number of nitrogens with zero attached hydrogens (tertiary/aromatic N) is 4. The molecule has 8 nitrogen and oxygen atoms in total. The number of rotatable bonds is 6. The van der Waals surface area contributed by atoms with Gasteiger partial charge in [0.05, 0.1) is 23.3 Å². The number of carbonyl (C=O) groups is 2. The number of thioether (sulfide) groups is 1. The lowest BCUT2D eigenvalue weighted by Gasteiger charge is -2.13. The zero-order valence-electron chi connectivity index (χ0n) is 20.4. The molecule has 1 N–H and O–H groups in total. The molecule has 2 atom stereocenters. The number of amides is 1. The Labute approximate surface area is 214 Å². The van der Waals surface area contributed by atoms with Crippen molar-refractivity contribution in [2.45, 2.75) is 51.2 Å². The second-order valence-electron chi connectivity index (χ2n) is 9.29. The Morgan fingerprint density at radius 3 is 2.75 bits per heavy atom. The number of carbonyl (C=O) groups excluding carboxylic acids is 2. The second-order valence-corrected chi connectivity index (χ2v) is 10.6. The Morgan fingerprint density at radius 2 is 1.97 bits per heavy atom. The highest BCUT2D eigenvalue weighted by Crippen LogP contribution is 2.32. The van der Waals surface area contributed by atoms with Gasteiger partial charge in [-0.3, -0.25) is 19.7 Å². The maximum absolute atomic E-state index is 11.9. The van der Waals surface area contributed by atoms with Crippen LogP contribution in [0.5, 0.6) is 0 Å². The summed E-state index contributed by atoms with van der Waals surface area (Å²) in [5.74, 6) is 0.151. The van der Waals surface area contributed by atoms with Crippen LogP contribution in [0.15, 0.2) is 58.7 Å². The third-order valence-electron chi connectivity index (χ3n) is 6.44. The standard InChI is InChI=1S/C27H29N5O3S/c1-17(33)29-26-30-24-12-11-20(13-21-9-6-10-23(21)31-35-18(2)34)15-25(24)32(26)27-28-16-22(36-27)14-19-7-4-3-5-8-19/h3-5,7-8,11-12,15,21-22H,6,9-10,13-14,16H2,1-2H3,(H,29,30,33). The molecule has 3 aromatic rings. The summed E-state index contributed by atoms with van der Waals surface area (Å²) >= 11 is 1.72. The number of nitrogens with one attached hydrogen (secondary N) is 1. The number of hydrogen-bond acceptors (Lipinski definition) is 7. The highest BCUT2D eigenvalue weighted by atomic mass is 32.2. The summed E-state index contributed by atoms with van der Waals surface area (Å²) in [5.41, 5.74) is 5.09. The lowest BCUT2D eigenvalue weighted by atomic mass is 9.96. The molecular weight excluding hydrogens is 474 g/mol. The van der Waals surface area contributed by atoms with Gasteiger partial charge in [0.2, 0.25) is 11.9 Å². The van der Waals surface area contributed by atoms with Gasteiger partial charge < -0.3 is 4.84 Å². The fraction of sp³-hybridized carbons (Fsp3) is 0.370. The minimum Gasteiger partial charge on any atom is -0.319 e. The molecule has 1 amide bonds. The van der Waals surface area contributed by atoms with Crippen LogP contribution in [0.1, 0.15) is 44.2 Å². The number of imidazole rings is 1. The SMILES string of the molecule is CC(=O)Nc1nc2ccc(CC3CCCC3=NOC(C)=O)cc2n1C1=NCC(Cc2ccccc2)S1. The summed E-state index contributed by atoms with van der Waals surface area (Å²) in [5, 5.41) is 8.16. The van der Waals surface area contributed by atoms with Gasteiger partial charge in [0.1, 0.15) is 0 Å². The lowest BCUT2D eigenvalue weighted by molar-refractivity contribution is -0.141. The highest BCUT2D eigenvalue weighted by molar-refractivity contribution is 8.14. The smallest absolute Gasteiger partial charge is 0.319 e. The van der Waals surface area contributed by atoms with Crippen molar-refractivity contribution in [1.82, 2.24) is 9.55 Å². The first-order valence-electron chi connectivity index (χ1n) is 12.2. The van der Waals surface area contributed by atoms with E-state index >= 15 is 0 Å². The summed E-state index contributed by atoms with van der Waals surface area (Å²) in [6.45, 7) is 3.57. The number of aromatic nitrogens is 2. The molecule has 0 spiro atoms. The molecular formula is C27H29N5O3S. The van der Waals surface area contributed by atoms with Gasteiger partial charge in [0, 0.05) is 25.0 Å². The van der Waals surface area contributed by atoms with Crippen molar-refractivity contribution in [3.63, 3.8) is 0 Å².